The van der Waals surface area contributed by atoms with E-state index >= 15 is 0 Å². The van der Waals surface area contributed by atoms with E-state index in [1.807, 2.05) is 24.3 Å². The molecule has 0 radical (unpaired) electrons. The van der Waals surface area contributed by atoms with E-state index in [9.17, 15) is 0 Å². The van der Waals surface area contributed by atoms with Crippen molar-refractivity contribution in [1.29, 1.82) is 0 Å². The lowest BCUT2D eigenvalue weighted by atomic mass is 10.2. The monoisotopic (exact) mass is 180 g/mol. The predicted molar refractivity (Wildman–Crippen MR) is 50.7 cm³/mol. The van der Waals surface area contributed by atoms with E-state index in [2.05, 4.69) is 9.99 Å². The Morgan fingerprint density at radius 2 is 2.00 bits per heavy atom. The highest BCUT2D eigenvalue weighted by Crippen LogP contribution is 2.16. The number of ether oxygens (including phenoxy) is 1. The molecule has 1 aromatic carbocycles. The van der Waals surface area contributed by atoms with Crippen molar-refractivity contribution < 1.29 is 9.57 Å². The molecule has 0 aliphatic heterocycles. The third kappa shape index (κ3) is 2.11. The maximum Gasteiger partial charge on any atom is 0.174 e. The highest BCUT2D eigenvalue weighted by Gasteiger charge is 2.05. The van der Waals surface area contributed by atoms with Crippen LogP contribution >= 0.6 is 0 Å². The number of nitrogens with zero attached hydrogens (tertiary/aromatic N) is 1. The summed E-state index contributed by atoms with van der Waals surface area (Å²) in [5.74, 6) is 0.987. The molecule has 0 saturated heterocycles. The third-order valence-corrected chi connectivity index (χ3v) is 1.57. The molecule has 0 aromatic heterocycles. The van der Waals surface area contributed by atoms with Crippen molar-refractivity contribution in [1.82, 2.24) is 0 Å². The van der Waals surface area contributed by atoms with Crippen molar-refractivity contribution >= 4 is 5.84 Å². The van der Waals surface area contributed by atoms with Crippen LogP contribution in [0.4, 0.5) is 0 Å². The van der Waals surface area contributed by atoms with Crippen LogP contribution in [0.25, 0.3) is 0 Å². The second kappa shape index (κ2) is 4.35. The lowest BCUT2D eigenvalue weighted by Gasteiger charge is -2.05. The minimum absolute atomic E-state index is 0.306. The van der Waals surface area contributed by atoms with Gasteiger partial charge in [-0.25, -0.2) is 0 Å². The van der Waals surface area contributed by atoms with Gasteiger partial charge in [0.1, 0.15) is 12.9 Å². The molecule has 0 amide bonds. The fraction of sp³-hybridized carbons (Fsp3) is 0.222. The van der Waals surface area contributed by atoms with Crippen molar-refractivity contribution in [3.05, 3.63) is 29.8 Å². The van der Waals surface area contributed by atoms with Crippen LogP contribution in [0.3, 0.4) is 0 Å². The van der Waals surface area contributed by atoms with E-state index in [0.29, 0.717) is 11.6 Å². The Bertz CT molecular complexity index is 310. The van der Waals surface area contributed by atoms with E-state index in [-0.39, 0.29) is 0 Å². The second-order valence-electron chi connectivity index (χ2n) is 2.36. The van der Waals surface area contributed by atoms with E-state index in [0.717, 1.165) is 5.56 Å². The summed E-state index contributed by atoms with van der Waals surface area (Å²) in [6.45, 7) is 0. The van der Waals surface area contributed by atoms with E-state index in [1.54, 1.807) is 7.11 Å². The Morgan fingerprint density at radius 1 is 1.31 bits per heavy atom. The highest BCUT2D eigenvalue weighted by atomic mass is 16.6. The zero-order chi connectivity index (χ0) is 9.68. The molecule has 70 valence electrons. The number of hydrogen-bond donors (Lipinski definition) is 1. The number of amidine groups is 1. The molecule has 0 bridgehead atoms. The first-order chi connectivity index (χ1) is 6.29. The minimum atomic E-state index is 0.306. The second-order valence-corrected chi connectivity index (χ2v) is 2.36. The average molecular weight is 180 g/mol. The van der Waals surface area contributed by atoms with Crippen LogP contribution in [0.1, 0.15) is 5.56 Å². The average Bonchev–Trinajstić information content (AvgIpc) is 2.18. The normalized spacial score (nSPS) is 11.1. The Balaban J connectivity index is 3.05. The van der Waals surface area contributed by atoms with Crippen molar-refractivity contribution in [2.75, 3.05) is 14.2 Å². The molecule has 1 rings (SSSR count). The maximum atomic E-state index is 5.63. The summed E-state index contributed by atoms with van der Waals surface area (Å²) in [7, 11) is 3.03. The van der Waals surface area contributed by atoms with Crippen molar-refractivity contribution in [3.63, 3.8) is 0 Å². The smallest absolute Gasteiger partial charge is 0.174 e. The van der Waals surface area contributed by atoms with Crippen molar-refractivity contribution in [2.24, 2.45) is 10.9 Å². The summed E-state index contributed by atoms with van der Waals surface area (Å²) in [5.41, 5.74) is 6.36. The van der Waals surface area contributed by atoms with Crippen LogP contribution < -0.4 is 10.5 Å². The van der Waals surface area contributed by atoms with Crippen molar-refractivity contribution in [2.45, 2.75) is 0 Å². The number of rotatable bonds is 3. The Kier molecular flexibility index (Phi) is 3.14. The Hall–Kier alpha value is -1.71. The number of oxime groups is 1. The summed E-state index contributed by atoms with van der Waals surface area (Å²) in [6, 6.07) is 7.35. The molecule has 1 aromatic rings. The summed E-state index contributed by atoms with van der Waals surface area (Å²) in [4.78, 5) is 4.56. The highest BCUT2D eigenvalue weighted by molar-refractivity contribution is 5.99. The minimum Gasteiger partial charge on any atom is -0.496 e. The van der Waals surface area contributed by atoms with Crippen LogP contribution in [0.15, 0.2) is 29.4 Å². The van der Waals surface area contributed by atoms with Gasteiger partial charge in [-0.1, -0.05) is 17.3 Å². The van der Waals surface area contributed by atoms with Crippen LogP contribution in [0, 0.1) is 0 Å². The largest absolute Gasteiger partial charge is 0.496 e. The molecule has 13 heavy (non-hydrogen) atoms. The topological polar surface area (TPSA) is 56.8 Å². The van der Waals surface area contributed by atoms with Gasteiger partial charge in [0.15, 0.2) is 5.84 Å². The van der Waals surface area contributed by atoms with Crippen LogP contribution in [-0.4, -0.2) is 20.1 Å². The lowest BCUT2D eigenvalue weighted by Crippen LogP contribution is -2.14. The van der Waals surface area contributed by atoms with E-state index < -0.39 is 0 Å². The Labute approximate surface area is 76.9 Å². The molecule has 0 fully saturated rings. The molecule has 0 spiro atoms. The number of hydrogen-bond acceptors (Lipinski definition) is 3. The SMILES string of the molecule is CO/N=C(\N)c1ccccc1OC. The zero-order valence-corrected chi connectivity index (χ0v) is 7.65. The predicted octanol–water partition coefficient (Wildman–Crippen LogP) is 0.962. The van der Waals surface area contributed by atoms with Gasteiger partial charge in [0, 0.05) is 0 Å². The summed E-state index contributed by atoms with van der Waals surface area (Å²) in [5, 5.41) is 3.62. The molecule has 0 atom stereocenters. The van der Waals surface area contributed by atoms with Gasteiger partial charge in [-0.15, -0.1) is 0 Å². The number of nitrogens with two attached hydrogens (primary N) is 1. The van der Waals surface area contributed by atoms with Crippen LogP contribution in [-0.2, 0) is 4.84 Å². The third-order valence-electron chi connectivity index (χ3n) is 1.57. The first kappa shape index (κ1) is 9.38. The summed E-state index contributed by atoms with van der Waals surface area (Å²) in [6.07, 6.45) is 0. The van der Waals surface area contributed by atoms with Crippen LogP contribution in [0.2, 0.25) is 0 Å². The van der Waals surface area contributed by atoms with E-state index in [1.165, 1.54) is 7.11 Å². The molecule has 0 heterocycles. The first-order valence-corrected chi connectivity index (χ1v) is 3.79. The molecule has 0 aliphatic rings. The Morgan fingerprint density at radius 3 is 2.62 bits per heavy atom. The number of para-hydroxylation sites is 1. The van der Waals surface area contributed by atoms with Gasteiger partial charge in [-0.2, -0.15) is 0 Å². The van der Waals surface area contributed by atoms with Gasteiger partial charge in [-0.05, 0) is 12.1 Å². The standard InChI is InChI=1S/C9H12N2O2/c1-12-8-6-4-3-5-7(8)9(10)11-13-2/h3-6H,1-2H3,(H2,10,11). The fourth-order valence-electron chi connectivity index (χ4n) is 1.00. The maximum absolute atomic E-state index is 5.63. The zero-order valence-electron chi connectivity index (χ0n) is 7.65. The summed E-state index contributed by atoms with van der Waals surface area (Å²) < 4.78 is 5.10. The molecule has 4 nitrogen and oxygen atoms in total. The van der Waals surface area contributed by atoms with Gasteiger partial charge in [0.05, 0.1) is 12.7 Å². The number of benzene rings is 1. The van der Waals surface area contributed by atoms with Gasteiger partial charge in [0.25, 0.3) is 0 Å². The molecule has 2 N–H and O–H groups in total. The molecule has 0 saturated carbocycles. The van der Waals surface area contributed by atoms with Gasteiger partial charge in [-0.3, -0.25) is 0 Å². The summed E-state index contributed by atoms with van der Waals surface area (Å²) >= 11 is 0. The van der Waals surface area contributed by atoms with Gasteiger partial charge >= 0.3 is 0 Å². The lowest BCUT2D eigenvalue weighted by molar-refractivity contribution is 0.213. The van der Waals surface area contributed by atoms with Gasteiger partial charge in [0.2, 0.25) is 0 Å². The number of methoxy groups -OCH3 is 1. The van der Waals surface area contributed by atoms with Crippen molar-refractivity contribution in [3.8, 4) is 5.75 Å². The van der Waals surface area contributed by atoms with Gasteiger partial charge < -0.3 is 15.3 Å². The molecular formula is C9H12N2O2. The fourth-order valence-corrected chi connectivity index (χ4v) is 1.00. The molecule has 0 unspecified atom stereocenters. The molecule has 4 heteroatoms. The molecular weight excluding hydrogens is 168 g/mol. The van der Waals surface area contributed by atoms with Crippen LogP contribution in [0.5, 0.6) is 5.75 Å². The first-order valence-electron chi connectivity index (χ1n) is 3.79. The van der Waals surface area contributed by atoms with E-state index in [4.69, 9.17) is 10.5 Å². The molecule has 0 aliphatic carbocycles. The quantitative estimate of drug-likeness (QED) is 0.428.